The molecule has 0 aliphatic rings. The predicted octanol–water partition coefficient (Wildman–Crippen LogP) is 1.45. The molecule has 0 radical (unpaired) electrons. The molecule has 2 aromatic rings. The largest absolute Gasteiger partial charge is 0.488 e. The van der Waals surface area contributed by atoms with Gasteiger partial charge in [-0.3, -0.25) is 4.98 Å². The fraction of sp³-hybridized carbons (Fsp3) is 0.0833. The van der Waals surface area contributed by atoms with Gasteiger partial charge in [0.25, 0.3) is 0 Å². The minimum Gasteiger partial charge on any atom is -0.423 e. The van der Waals surface area contributed by atoms with Crippen LogP contribution in [0.15, 0.2) is 42.6 Å². The first-order valence-electron chi connectivity index (χ1n) is 5.37. The minimum absolute atomic E-state index is 0.227. The van der Waals surface area contributed by atoms with Gasteiger partial charge >= 0.3 is 13.3 Å². The molecule has 1 aromatic heterocycles. The molecule has 2 N–H and O–H groups in total. The Hall–Kier alpha value is -1.86. The standard InChI is InChI=1S/C12H9BF3NO2/c14-12(15,16)9-3-1-8(2-4-9)11-7-10(13(18)19)5-6-17-11/h1-7,18-19H. The fourth-order valence-electron chi connectivity index (χ4n) is 1.60. The van der Waals surface area contributed by atoms with E-state index in [2.05, 4.69) is 4.98 Å². The Labute approximate surface area is 107 Å². The van der Waals surface area contributed by atoms with Gasteiger partial charge in [-0.1, -0.05) is 12.1 Å². The van der Waals surface area contributed by atoms with Crippen LogP contribution in [0.4, 0.5) is 13.2 Å². The molecule has 0 bridgehead atoms. The van der Waals surface area contributed by atoms with E-state index in [9.17, 15) is 13.2 Å². The first-order chi connectivity index (χ1) is 8.88. The summed E-state index contributed by atoms with van der Waals surface area (Å²) < 4.78 is 37.2. The maximum absolute atomic E-state index is 12.4. The minimum atomic E-state index is -4.38. The van der Waals surface area contributed by atoms with Crippen LogP contribution >= 0.6 is 0 Å². The van der Waals surface area contributed by atoms with Crippen LogP contribution in [0.5, 0.6) is 0 Å². The second-order valence-electron chi connectivity index (χ2n) is 3.92. The second kappa shape index (κ2) is 5.03. The van der Waals surface area contributed by atoms with Crippen LogP contribution in [0.1, 0.15) is 5.56 Å². The Balaban J connectivity index is 2.35. The summed E-state index contributed by atoms with van der Waals surface area (Å²) >= 11 is 0. The summed E-state index contributed by atoms with van der Waals surface area (Å²) in [6, 6.07) is 7.32. The SMILES string of the molecule is OB(O)c1ccnc(-c2ccc(C(F)(F)F)cc2)c1. The Morgan fingerprint density at radius 2 is 1.63 bits per heavy atom. The van der Waals surface area contributed by atoms with Crippen LogP contribution in [-0.4, -0.2) is 22.2 Å². The van der Waals surface area contributed by atoms with Gasteiger partial charge in [0, 0.05) is 11.8 Å². The summed E-state index contributed by atoms with van der Waals surface area (Å²) in [5, 5.41) is 18.0. The van der Waals surface area contributed by atoms with Crippen molar-refractivity contribution in [3.05, 3.63) is 48.2 Å². The van der Waals surface area contributed by atoms with Crippen LogP contribution in [0, 0.1) is 0 Å². The summed E-state index contributed by atoms with van der Waals surface area (Å²) in [4.78, 5) is 3.98. The monoisotopic (exact) mass is 267 g/mol. The van der Waals surface area contributed by atoms with Gasteiger partial charge in [0.15, 0.2) is 0 Å². The zero-order valence-corrected chi connectivity index (χ0v) is 9.59. The smallest absolute Gasteiger partial charge is 0.423 e. The molecule has 0 aliphatic heterocycles. The highest BCUT2D eigenvalue weighted by molar-refractivity contribution is 6.58. The lowest BCUT2D eigenvalue weighted by molar-refractivity contribution is -0.137. The van der Waals surface area contributed by atoms with Crippen molar-refractivity contribution in [2.75, 3.05) is 0 Å². The molecule has 0 spiro atoms. The van der Waals surface area contributed by atoms with Gasteiger partial charge in [-0.15, -0.1) is 0 Å². The van der Waals surface area contributed by atoms with Gasteiger partial charge in [-0.05, 0) is 29.7 Å². The molecule has 0 fully saturated rings. The molecule has 0 unspecified atom stereocenters. The third-order valence-corrected chi connectivity index (χ3v) is 2.59. The number of pyridine rings is 1. The molecule has 0 saturated carbocycles. The van der Waals surface area contributed by atoms with Gasteiger partial charge in [-0.25, -0.2) is 0 Å². The molecule has 98 valence electrons. The van der Waals surface area contributed by atoms with Gasteiger partial charge in [0.2, 0.25) is 0 Å². The third-order valence-electron chi connectivity index (χ3n) is 2.59. The van der Waals surface area contributed by atoms with E-state index in [1.165, 1.54) is 30.5 Å². The second-order valence-corrected chi connectivity index (χ2v) is 3.92. The third kappa shape index (κ3) is 3.13. The Bertz CT molecular complexity index is 570. The first-order valence-corrected chi connectivity index (χ1v) is 5.37. The lowest BCUT2D eigenvalue weighted by Gasteiger charge is -2.08. The number of halogens is 3. The first kappa shape index (κ1) is 13.6. The average Bonchev–Trinajstić information content (AvgIpc) is 2.38. The lowest BCUT2D eigenvalue weighted by atomic mass is 9.80. The maximum Gasteiger partial charge on any atom is 0.488 e. The summed E-state index contributed by atoms with van der Waals surface area (Å²) in [5.74, 6) is 0. The van der Waals surface area contributed by atoms with Crippen LogP contribution in [0.3, 0.4) is 0 Å². The van der Waals surface area contributed by atoms with Crippen molar-refractivity contribution in [3.63, 3.8) is 0 Å². The normalized spacial score (nSPS) is 11.4. The number of nitrogens with zero attached hydrogens (tertiary/aromatic N) is 1. The van der Waals surface area contributed by atoms with Gasteiger partial charge in [-0.2, -0.15) is 13.2 Å². The molecule has 7 heteroatoms. The molecule has 0 aliphatic carbocycles. The van der Waals surface area contributed by atoms with Gasteiger partial charge in [0.05, 0.1) is 11.3 Å². The van der Waals surface area contributed by atoms with Crippen molar-refractivity contribution >= 4 is 12.6 Å². The topological polar surface area (TPSA) is 53.4 Å². The Morgan fingerprint density at radius 3 is 2.16 bits per heavy atom. The molecule has 2 rings (SSSR count). The number of hydrogen-bond acceptors (Lipinski definition) is 3. The van der Waals surface area contributed by atoms with Crippen molar-refractivity contribution < 1.29 is 23.2 Å². The highest BCUT2D eigenvalue weighted by Gasteiger charge is 2.30. The van der Waals surface area contributed by atoms with Crippen LogP contribution in [0.2, 0.25) is 0 Å². The molecule has 1 heterocycles. The zero-order valence-electron chi connectivity index (χ0n) is 9.59. The number of alkyl halides is 3. The molecule has 1 aromatic carbocycles. The van der Waals surface area contributed by atoms with Crippen molar-refractivity contribution in [1.29, 1.82) is 0 Å². The molecular weight excluding hydrogens is 258 g/mol. The molecule has 0 saturated heterocycles. The maximum atomic E-state index is 12.4. The van der Waals surface area contributed by atoms with E-state index in [4.69, 9.17) is 10.0 Å². The number of benzene rings is 1. The predicted molar refractivity (Wildman–Crippen MR) is 64.5 cm³/mol. The fourth-order valence-corrected chi connectivity index (χ4v) is 1.60. The van der Waals surface area contributed by atoms with E-state index in [1.807, 2.05) is 0 Å². The quantitative estimate of drug-likeness (QED) is 0.809. The number of aromatic nitrogens is 1. The number of rotatable bonds is 2. The van der Waals surface area contributed by atoms with Crippen LogP contribution in [0.25, 0.3) is 11.3 Å². The van der Waals surface area contributed by atoms with E-state index >= 15 is 0 Å². The van der Waals surface area contributed by atoms with E-state index < -0.39 is 18.9 Å². The summed E-state index contributed by atoms with van der Waals surface area (Å²) in [7, 11) is -1.64. The van der Waals surface area contributed by atoms with E-state index in [0.29, 0.717) is 11.3 Å². The lowest BCUT2D eigenvalue weighted by Crippen LogP contribution is -2.29. The van der Waals surface area contributed by atoms with Gasteiger partial charge in [0.1, 0.15) is 0 Å². The molecule has 0 atom stereocenters. The Morgan fingerprint density at radius 1 is 1.00 bits per heavy atom. The summed E-state index contributed by atoms with van der Waals surface area (Å²) in [6.07, 6.45) is -3.02. The summed E-state index contributed by atoms with van der Waals surface area (Å²) in [6.45, 7) is 0. The van der Waals surface area contributed by atoms with Gasteiger partial charge < -0.3 is 10.0 Å². The molecular formula is C12H9BF3NO2. The van der Waals surface area contributed by atoms with Crippen molar-refractivity contribution in [1.82, 2.24) is 4.98 Å². The van der Waals surface area contributed by atoms with E-state index in [1.54, 1.807) is 0 Å². The van der Waals surface area contributed by atoms with Crippen molar-refractivity contribution in [3.8, 4) is 11.3 Å². The van der Waals surface area contributed by atoms with E-state index in [0.717, 1.165) is 12.1 Å². The molecule has 0 amide bonds. The Kier molecular flexibility index (Phi) is 3.59. The molecule has 3 nitrogen and oxygen atoms in total. The average molecular weight is 267 g/mol. The van der Waals surface area contributed by atoms with Crippen LogP contribution in [-0.2, 0) is 6.18 Å². The van der Waals surface area contributed by atoms with Crippen molar-refractivity contribution in [2.45, 2.75) is 6.18 Å². The number of hydrogen-bond donors (Lipinski definition) is 2. The van der Waals surface area contributed by atoms with E-state index in [-0.39, 0.29) is 5.46 Å². The summed E-state index contributed by atoms with van der Waals surface area (Å²) in [5.41, 5.74) is 0.328. The van der Waals surface area contributed by atoms with Crippen LogP contribution < -0.4 is 5.46 Å². The zero-order chi connectivity index (χ0) is 14.0. The highest BCUT2D eigenvalue weighted by Crippen LogP contribution is 2.30. The molecule has 19 heavy (non-hydrogen) atoms. The highest BCUT2D eigenvalue weighted by atomic mass is 19.4. The van der Waals surface area contributed by atoms with Crippen molar-refractivity contribution in [2.24, 2.45) is 0 Å².